The van der Waals surface area contributed by atoms with Crippen LogP contribution in [0.2, 0.25) is 0 Å². The molecule has 17 nitrogen and oxygen atoms in total. The number of rotatable bonds is 17. The number of carbonyl (C=O) groups excluding carboxylic acids is 6. The highest BCUT2D eigenvalue weighted by Gasteiger charge is 2.41. The van der Waals surface area contributed by atoms with E-state index in [1.54, 1.807) is 13.8 Å². The van der Waals surface area contributed by atoms with Gasteiger partial charge in [0, 0.05) is 57.5 Å². The number of ether oxygens (including phenoxy) is 4. The SMILES string of the molecule is COC(=O)NC(C(=O)N1CCC[C@H]1C(=O)Nc1ccc(CN(Cc2ccc(NC(=O)C3CCCN3C(=O)C(NC(=O)OC)[C@@H](C)OC)cc2)c2ccccc2)cc1)C(C)OC. The number of nitrogens with zero attached hydrogens (tertiary/aromatic N) is 3. The average molecular weight is 844 g/mol. The molecule has 17 heteroatoms. The van der Waals surface area contributed by atoms with Crippen LogP contribution in [0.4, 0.5) is 26.7 Å². The zero-order chi connectivity index (χ0) is 44.1. The van der Waals surface area contributed by atoms with Crippen molar-refractivity contribution in [2.45, 2.75) is 89.0 Å². The second kappa shape index (κ2) is 21.9. The third-order valence-corrected chi connectivity index (χ3v) is 11.1. The molecule has 5 rings (SSSR count). The van der Waals surface area contributed by atoms with Crippen molar-refractivity contribution in [3.05, 3.63) is 90.0 Å². The Morgan fingerprint density at radius 2 is 1.00 bits per heavy atom. The van der Waals surface area contributed by atoms with E-state index < -0.39 is 60.4 Å². The van der Waals surface area contributed by atoms with Crippen molar-refractivity contribution in [2.75, 3.05) is 57.1 Å². The van der Waals surface area contributed by atoms with Crippen molar-refractivity contribution in [2.24, 2.45) is 0 Å². The van der Waals surface area contributed by atoms with E-state index in [-0.39, 0.29) is 11.8 Å². The fraction of sp³-hybridized carbons (Fsp3) is 0.455. The number of hydrogen-bond acceptors (Lipinski definition) is 11. The van der Waals surface area contributed by atoms with Gasteiger partial charge in [0.2, 0.25) is 23.6 Å². The number of methoxy groups -OCH3 is 4. The Kier molecular flexibility index (Phi) is 16.5. The zero-order valence-electron chi connectivity index (χ0n) is 35.6. The predicted molar refractivity (Wildman–Crippen MR) is 228 cm³/mol. The molecule has 61 heavy (non-hydrogen) atoms. The summed E-state index contributed by atoms with van der Waals surface area (Å²) in [4.78, 5) is 83.2. The highest BCUT2D eigenvalue weighted by Crippen LogP contribution is 2.26. The molecule has 0 aromatic heterocycles. The Bertz CT molecular complexity index is 1850. The molecule has 2 aliphatic heterocycles. The molecule has 3 aromatic rings. The van der Waals surface area contributed by atoms with Gasteiger partial charge in [0.05, 0.1) is 26.4 Å². The molecule has 6 amide bonds. The Morgan fingerprint density at radius 3 is 1.36 bits per heavy atom. The van der Waals surface area contributed by atoms with Crippen molar-refractivity contribution in [3.8, 4) is 0 Å². The van der Waals surface area contributed by atoms with Gasteiger partial charge < -0.3 is 54.9 Å². The highest BCUT2D eigenvalue weighted by molar-refractivity contribution is 5.99. The van der Waals surface area contributed by atoms with Crippen LogP contribution in [0, 0.1) is 0 Å². The molecule has 0 bridgehead atoms. The van der Waals surface area contributed by atoms with Gasteiger partial charge >= 0.3 is 12.2 Å². The van der Waals surface area contributed by atoms with E-state index in [2.05, 4.69) is 26.2 Å². The molecule has 0 radical (unpaired) electrons. The number of alkyl carbamates (subject to hydrolysis) is 2. The molecule has 328 valence electrons. The second-order valence-electron chi connectivity index (χ2n) is 15.1. The van der Waals surface area contributed by atoms with E-state index in [9.17, 15) is 28.8 Å². The number of carbonyl (C=O) groups is 6. The number of hydrogen-bond donors (Lipinski definition) is 4. The first kappa shape index (κ1) is 45.9. The first-order valence-electron chi connectivity index (χ1n) is 20.3. The van der Waals surface area contributed by atoms with E-state index in [1.807, 2.05) is 78.9 Å². The Balaban J connectivity index is 1.21. The number of para-hydroxylation sites is 1. The van der Waals surface area contributed by atoms with Gasteiger partial charge in [-0.25, -0.2) is 9.59 Å². The van der Waals surface area contributed by atoms with Crippen LogP contribution in [-0.2, 0) is 51.2 Å². The third kappa shape index (κ3) is 12.0. The van der Waals surface area contributed by atoms with Crippen LogP contribution in [0.1, 0.15) is 50.7 Å². The Morgan fingerprint density at radius 1 is 0.607 bits per heavy atom. The van der Waals surface area contributed by atoms with Crippen molar-refractivity contribution in [3.63, 3.8) is 0 Å². The van der Waals surface area contributed by atoms with Crippen LogP contribution in [0.25, 0.3) is 0 Å². The standard InChI is InChI=1S/C44H57N7O10/c1-28(58-3)37(47-43(56)60-5)41(54)50-24-10-14-35(50)39(52)45-32-20-16-30(17-21-32)26-49(34-12-8-7-9-13-34)27-31-18-22-33(23-19-31)46-40(53)36-15-11-25-51(36)42(55)38(29(2)59-4)48-44(57)61-6/h7-9,12-13,16-23,28-29,35-38H,10-11,14-15,24-27H2,1-6H3,(H,45,52)(H,46,53)(H,47,56)(H,48,57)/t28-,29?,35?,36+,37?,38?/m1/s1. The van der Waals surface area contributed by atoms with Crippen LogP contribution in [-0.4, -0.2) is 124 Å². The smallest absolute Gasteiger partial charge is 0.407 e. The van der Waals surface area contributed by atoms with Gasteiger partial charge in [0.15, 0.2) is 0 Å². The minimum Gasteiger partial charge on any atom is -0.453 e. The number of anilines is 3. The largest absolute Gasteiger partial charge is 0.453 e. The van der Waals surface area contributed by atoms with E-state index in [0.29, 0.717) is 63.2 Å². The Hall–Kier alpha value is -6.20. The van der Waals surface area contributed by atoms with Gasteiger partial charge in [-0.3, -0.25) is 19.2 Å². The molecule has 2 heterocycles. The minimum atomic E-state index is -1.02. The predicted octanol–water partition coefficient (Wildman–Crippen LogP) is 4.27. The first-order chi connectivity index (χ1) is 29.4. The lowest BCUT2D eigenvalue weighted by molar-refractivity contribution is -0.141. The normalized spacial score (nSPS) is 17.9. The molecule has 0 spiro atoms. The minimum absolute atomic E-state index is 0.321. The molecule has 3 aromatic carbocycles. The summed E-state index contributed by atoms with van der Waals surface area (Å²) < 4.78 is 20.1. The van der Waals surface area contributed by atoms with Crippen molar-refractivity contribution >= 4 is 52.9 Å². The number of likely N-dealkylation sites (tertiary alicyclic amines) is 2. The van der Waals surface area contributed by atoms with Gasteiger partial charge in [-0.05, 0) is 87.1 Å². The number of nitrogens with one attached hydrogen (secondary N) is 4. The van der Waals surface area contributed by atoms with E-state index in [4.69, 9.17) is 18.9 Å². The fourth-order valence-electron chi connectivity index (χ4n) is 7.52. The third-order valence-electron chi connectivity index (χ3n) is 11.1. The van der Waals surface area contributed by atoms with Gasteiger partial charge in [0.1, 0.15) is 24.2 Å². The summed E-state index contributed by atoms with van der Waals surface area (Å²) in [5.41, 5.74) is 4.15. The highest BCUT2D eigenvalue weighted by atomic mass is 16.5. The van der Waals surface area contributed by atoms with Gasteiger partial charge in [0.25, 0.3) is 0 Å². The van der Waals surface area contributed by atoms with Gasteiger partial charge in [-0.1, -0.05) is 42.5 Å². The van der Waals surface area contributed by atoms with Crippen molar-refractivity contribution in [1.29, 1.82) is 0 Å². The van der Waals surface area contributed by atoms with E-state index in [1.165, 1.54) is 38.2 Å². The molecule has 2 fully saturated rings. The quantitative estimate of drug-likeness (QED) is 0.152. The molecular formula is C44H57N7O10. The molecule has 0 saturated carbocycles. The maximum atomic E-state index is 13.5. The second-order valence-corrected chi connectivity index (χ2v) is 15.1. The summed E-state index contributed by atoms with van der Waals surface area (Å²) in [6.07, 6.45) is -0.598. The monoisotopic (exact) mass is 843 g/mol. The molecular weight excluding hydrogens is 787 g/mol. The molecule has 2 saturated heterocycles. The maximum absolute atomic E-state index is 13.5. The van der Waals surface area contributed by atoms with E-state index >= 15 is 0 Å². The summed E-state index contributed by atoms with van der Waals surface area (Å²) in [6.45, 7) is 5.16. The van der Waals surface area contributed by atoms with Crippen LogP contribution >= 0.6 is 0 Å². The lowest BCUT2D eigenvalue weighted by Gasteiger charge is -2.30. The zero-order valence-corrected chi connectivity index (χ0v) is 35.6. The van der Waals surface area contributed by atoms with Crippen LogP contribution < -0.4 is 26.2 Å². The Labute approximate surface area is 356 Å². The van der Waals surface area contributed by atoms with Gasteiger partial charge in [-0.15, -0.1) is 0 Å². The molecule has 0 aliphatic carbocycles. The molecule has 2 aliphatic rings. The molecule has 4 unspecified atom stereocenters. The lowest BCUT2D eigenvalue weighted by atomic mass is 10.1. The van der Waals surface area contributed by atoms with E-state index in [0.717, 1.165) is 16.8 Å². The summed E-state index contributed by atoms with van der Waals surface area (Å²) in [6, 6.07) is 21.6. The van der Waals surface area contributed by atoms with Crippen LogP contribution in [0.5, 0.6) is 0 Å². The lowest BCUT2D eigenvalue weighted by Crippen LogP contribution is -2.56. The summed E-state index contributed by atoms with van der Waals surface area (Å²) >= 11 is 0. The summed E-state index contributed by atoms with van der Waals surface area (Å²) in [7, 11) is 5.30. The molecule has 4 N–H and O–H groups in total. The van der Waals surface area contributed by atoms with Crippen molar-refractivity contribution < 1.29 is 47.7 Å². The van der Waals surface area contributed by atoms with Crippen molar-refractivity contribution in [1.82, 2.24) is 20.4 Å². The number of amides is 6. The van der Waals surface area contributed by atoms with Crippen LogP contribution in [0.3, 0.4) is 0 Å². The summed E-state index contributed by atoms with van der Waals surface area (Å²) in [5, 5.41) is 11.0. The van der Waals surface area contributed by atoms with Gasteiger partial charge in [-0.2, -0.15) is 0 Å². The van der Waals surface area contributed by atoms with Crippen LogP contribution in [0.15, 0.2) is 78.9 Å². The number of benzene rings is 3. The maximum Gasteiger partial charge on any atom is 0.407 e. The first-order valence-corrected chi connectivity index (χ1v) is 20.3. The topological polar surface area (TPSA) is 197 Å². The molecule has 6 atom stereocenters. The fourth-order valence-corrected chi connectivity index (χ4v) is 7.52. The summed E-state index contributed by atoms with van der Waals surface area (Å²) in [5.74, 6) is -1.48. The average Bonchev–Trinajstić information content (AvgIpc) is 3.99.